The number of methoxy groups -OCH3 is 2. The van der Waals surface area contributed by atoms with Gasteiger partial charge in [0.15, 0.2) is 17.3 Å². The van der Waals surface area contributed by atoms with Crippen molar-refractivity contribution in [1.29, 1.82) is 0 Å². The van der Waals surface area contributed by atoms with E-state index in [4.69, 9.17) is 9.47 Å². The average molecular weight is 234 g/mol. The summed E-state index contributed by atoms with van der Waals surface area (Å²) < 4.78 is 10.5. The maximum atomic E-state index is 12.4. The van der Waals surface area contributed by atoms with Crippen molar-refractivity contribution >= 4 is 5.78 Å². The first kappa shape index (κ1) is 12.0. The molecule has 0 unspecified atom stereocenters. The summed E-state index contributed by atoms with van der Waals surface area (Å²) in [6.07, 6.45) is 4.31. The Labute approximate surface area is 102 Å². The molecule has 1 aliphatic carbocycles. The Morgan fingerprint density at radius 2 is 1.88 bits per heavy atom. The van der Waals surface area contributed by atoms with Gasteiger partial charge in [0.2, 0.25) is 0 Å². The lowest BCUT2D eigenvalue weighted by molar-refractivity contribution is 0.0919. The summed E-state index contributed by atoms with van der Waals surface area (Å²) in [5.74, 6) is 1.54. The van der Waals surface area contributed by atoms with E-state index in [1.165, 1.54) is 0 Å². The first-order valence-corrected chi connectivity index (χ1v) is 6.03. The van der Waals surface area contributed by atoms with Crippen LogP contribution in [0.4, 0.5) is 0 Å². The number of benzene rings is 1. The monoisotopic (exact) mass is 234 g/mol. The van der Waals surface area contributed by atoms with E-state index in [0.29, 0.717) is 17.1 Å². The second kappa shape index (κ2) is 5.21. The lowest BCUT2D eigenvalue weighted by Gasteiger charge is -2.14. The Bertz CT molecular complexity index is 406. The van der Waals surface area contributed by atoms with Crippen LogP contribution in [0.1, 0.15) is 36.0 Å². The summed E-state index contributed by atoms with van der Waals surface area (Å²) in [5, 5.41) is 0. The molecule has 92 valence electrons. The maximum Gasteiger partial charge on any atom is 0.171 e. The van der Waals surface area contributed by atoms with Gasteiger partial charge in [0, 0.05) is 5.92 Å². The number of rotatable bonds is 4. The minimum atomic E-state index is 0.163. The van der Waals surface area contributed by atoms with Gasteiger partial charge in [-0.3, -0.25) is 4.79 Å². The third kappa shape index (κ3) is 2.28. The zero-order valence-electron chi connectivity index (χ0n) is 10.4. The number of ether oxygens (including phenoxy) is 2. The number of hydrogen-bond donors (Lipinski definition) is 0. The maximum absolute atomic E-state index is 12.4. The predicted molar refractivity (Wildman–Crippen MR) is 65.8 cm³/mol. The molecule has 0 aromatic heterocycles. The quantitative estimate of drug-likeness (QED) is 0.751. The molecule has 1 aromatic carbocycles. The van der Waals surface area contributed by atoms with E-state index in [-0.39, 0.29) is 11.7 Å². The number of carbonyl (C=O) groups is 1. The number of hydrogen-bond acceptors (Lipinski definition) is 3. The van der Waals surface area contributed by atoms with E-state index in [0.717, 1.165) is 25.7 Å². The number of Topliss-reactive ketones (excluding diaryl/α,β-unsaturated/α-hetero) is 1. The van der Waals surface area contributed by atoms with Gasteiger partial charge >= 0.3 is 0 Å². The molecule has 3 heteroatoms. The predicted octanol–water partition coefficient (Wildman–Crippen LogP) is 3.08. The van der Waals surface area contributed by atoms with Crippen molar-refractivity contribution in [2.45, 2.75) is 25.7 Å². The summed E-state index contributed by atoms with van der Waals surface area (Å²) in [4.78, 5) is 12.4. The van der Waals surface area contributed by atoms with Gasteiger partial charge in [-0.2, -0.15) is 0 Å². The highest BCUT2D eigenvalue weighted by Crippen LogP contribution is 2.35. The van der Waals surface area contributed by atoms with Crippen LogP contribution in [0.25, 0.3) is 0 Å². The molecule has 3 nitrogen and oxygen atoms in total. The zero-order valence-corrected chi connectivity index (χ0v) is 10.4. The molecular weight excluding hydrogens is 216 g/mol. The van der Waals surface area contributed by atoms with Crippen LogP contribution in [0.2, 0.25) is 0 Å². The summed E-state index contributed by atoms with van der Waals surface area (Å²) >= 11 is 0. The average Bonchev–Trinajstić information content (AvgIpc) is 2.90. The van der Waals surface area contributed by atoms with Crippen molar-refractivity contribution in [2.24, 2.45) is 5.92 Å². The minimum Gasteiger partial charge on any atom is -0.493 e. The largest absolute Gasteiger partial charge is 0.493 e. The number of carbonyl (C=O) groups excluding carboxylic acids is 1. The van der Waals surface area contributed by atoms with Gasteiger partial charge in [-0.15, -0.1) is 0 Å². The van der Waals surface area contributed by atoms with Gasteiger partial charge in [0.25, 0.3) is 0 Å². The van der Waals surface area contributed by atoms with Crippen molar-refractivity contribution in [2.75, 3.05) is 14.2 Å². The van der Waals surface area contributed by atoms with Crippen LogP contribution in [0.5, 0.6) is 11.5 Å². The van der Waals surface area contributed by atoms with Gasteiger partial charge in [-0.1, -0.05) is 18.9 Å². The van der Waals surface area contributed by atoms with E-state index >= 15 is 0 Å². The molecule has 0 N–H and O–H groups in total. The Morgan fingerprint density at radius 3 is 2.47 bits per heavy atom. The molecule has 0 amide bonds. The molecule has 1 aromatic rings. The first-order chi connectivity index (χ1) is 8.27. The van der Waals surface area contributed by atoms with E-state index in [1.54, 1.807) is 14.2 Å². The van der Waals surface area contributed by atoms with Crippen LogP contribution in [0, 0.1) is 5.92 Å². The van der Waals surface area contributed by atoms with Gasteiger partial charge < -0.3 is 9.47 Å². The van der Waals surface area contributed by atoms with Gasteiger partial charge in [0.1, 0.15) is 0 Å². The summed E-state index contributed by atoms with van der Waals surface area (Å²) in [6, 6.07) is 5.47. The summed E-state index contributed by atoms with van der Waals surface area (Å²) in [7, 11) is 3.16. The third-order valence-electron chi connectivity index (χ3n) is 3.39. The van der Waals surface area contributed by atoms with Crippen LogP contribution in [0.15, 0.2) is 18.2 Å². The Morgan fingerprint density at radius 1 is 1.18 bits per heavy atom. The van der Waals surface area contributed by atoms with E-state index < -0.39 is 0 Å². The standard InChI is InChI=1S/C14H18O3/c1-16-12-9-5-8-11(14(12)17-2)13(15)10-6-3-4-7-10/h5,8-10H,3-4,6-7H2,1-2H3. The third-order valence-corrected chi connectivity index (χ3v) is 3.39. The van der Waals surface area contributed by atoms with Crippen LogP contribution in [0.3, 0.4) is 0 Å². The molecule has 0 aliphatic heterocycles. The molecule has 0 spiro atoms. The number of ketones is 1. The smallest absolute Gasteiger partial charge is 0.171 e. The van der Waals surface area contributed by atoms with Crippen molar-refractivity contribution < 1.29 is 14.3 Å². The van der Waals surface area contributed by atoms with E-state index in [1.807, 2.05) is 18.2 Å². The lowest BCUT2D eigenvalue weighted by Crippen LogP contribution is -2.12. The topological polar surface area (TPSA) is 35.5 Å². The molecule has 2 rings (SSSR count). The fraction of sp³-hybridized carbons (Fsp3) is 0.500. The van der Waals surface area contributed by atoms with Crippen molar-refractivity contribution in [1.82, 2.24) is 0 Å². The highest BCUT2D eigenvalue weighted by molar-refractivity contribution is 6.01. The van der Waals surface area contributed by atoms with Gasteiger partial charge in [0.05, 0.1) is 19.8 Å². The van der Waals surface area contributed by atoms with Gasteiger partial charge in [-0.05, 0) is 25.0 Å². The highest BCUT2D eigenvalue weighted by atomic mass is 16.5. The molecule has 1 saturated carbocycles. The van der Waals surface area contributed by atoms with Crippen molar-refractivity contribution in [3.63, 3.8) is 0 Å². The van der Waals surface area contributed by atoms with Crippen molar-refractivity contribution in [3.8, 4) is 11.5 Å². The lowest BCUT2D eigenvalue weighted by atomic mass is 9.95. The summed E-state index contributed by atoms with van der Waals surface area (Å²) in [5.41, 5.74) is 0.652. The normalized spacial score (nSPS) is 15.9. The van der Waals surface area contributed by atoms with Gasteiger partial charge in [-0.25, -0.2) is 0 Å². The van der Waals surface area contributed by atoms with E-state index in [2.05, 4.69) is 0 Å². The first-order valence-electron chi connectivity index (χ1n) is 6.03. The molecule has 0 saturated heterocycles. The van der Waals surface area contributed by atoms with Crippen LogP contribution in [-0.2, 0) is 0 Å². The fourth-order valence-electron chi connectivity index (χ4n) is 2.49. The SMILES string of the molecule is COc1cccc(C(=O)C2CCCC2)c1OC. The minimum absolute atomic E-state index is 0.163. The highest BCUT2D eigenvalue weighted by Gasteiger charge is 2.27. The second-order valence-electron chi connectivity index (χ2n) is 4.39. The molecule has 0 radical (unpaired) electrons. The molecule has 0 atom stereocenters. The molecule has 1 fully saturated rings. The zero-order chi connectivity index (χ0) is 12.3. The molecule has 17 heavy (non-hydrogen) atoms. The Balaban J connectivity index is 2.33. The Hall–Kier alpha value is -1.51. The van der Waals surface area contributed by atoms with Crippen LogP contribution >= 0.6 is 0 Å². The summed E-state index contributed by atoms with van der Waals surface area (Å²) in [6.45, 7) is 0. The van der Waals surface area contributed by atoms with Crippen molar-refractivity contribution in [3.05, 3.63) is 23.8 Å². The Kier molecular flexibility index (Phi) is 3.67. The second-order valence-corrected chi connectivity index (χ2v) is 4.39. The van der Waals surface area contributed by atoms with Crippen LogP contribution < -0.4 is 9.47 Å². The fourth-order valence-corrected chi connectivity index (χ4v) is 2.49. The molecule has 0 bridgehead atoms. The molecule has 1 aliphatic rings. The van der Waals surface area contributed by atoms with E-state index in [9.17, 15) is 4.79 Å². The number of para-hydroxylation sites is 1. The van der Waals surface area contributed by atoms with Crippen LogP contribution in [-0.4, -0.2) is 20.0 Å². The molecule has 0 heterocycles. The molecular formula is C14H18O3.